The van der Waals surface area contributed by atoms with Crippen LogP contribution in [-0.2, 0) is 4.79 Å². The van der Waals surface area contributed by atoms with Gasteiger partial charge in [-0.25, -0.2) is 0 Å². The molecule has 70 valence electrons. The first-order chi connectivity index (χ1) is 5.65. The van der Waals surface area contributed by atoms with Crippen molar-refractivity contribution in [2.75, 3.05) is 19.6 Å². The van der Waals surface area contributed by atoms with Gasteiger partial charge in [-0.05, 0) is 18.9 Å². The third kappa shape index (κ3) is 1.97. The summed E-state index contributed by atoms with van der Waals surface area (Å²) in [5.74, 6) is -0.466. The maximum atomic E-state index is 10.7. The van der Waals surface area contributed by atoms with E-state index in [-0.39, 0.29) is 5.92 Å². The summed E-state index contributed by atoms with van der Waals surface area (Å²) in [5, 5.41) is 8.84. The molecule has 1 aliphatic heterocycles. The summed E-state index contributed by atoms with van der Waals surface area (Å²) in [6.45, 7) is 6.87. The Balaban J connectivity index is 2.44. The summed E-state index contributed by atoms with van der Waals surface area (Å²) < 4.78 is 0. The Morgan fingerprint density at radius 3 is 2.67 bits per heavy atom. The molecule has 0 saturated carbocycles. The lowest BCUT2D eigenvalue weighted by Crippen LogP contribution is -2.23. The predicted octanol–water partition coefficient (Wildman–Crippen LogP) is 1.05. The number of hydrogen-bond acceptors (Lipinski definition) is 2. The lowest BCUT2D eigenvalue weighted by atomic mass is 9.99. The second-order valence-corrected chi connectivity index (χ2v) is 3.68. The zero-order valence-electron chi connectivity index (χ0n) is 7.79. The lowest BCUT2D eigenvalue weighted by Gasteiger charge is -2.12. The Morgan fingerprint density at radius 1 is 1.58 bits per heavy atom. The molecule has 0 bridgehead atoms. The van der Waals surface area contributed by atoms with Gasteiger partial charge in [0.1, 0.15) is 0 Å². The van der Waals surface area contributed by atoms with E-state index in [2.05, 4.69) is 11.8 Å². The fraction of sp³-hybridized carbons (Fsp3) is 0.889. The van der Waals surface area contributed by atoms with Gasteiger partial charge in [-0.15, -0.1) is 0 Å². The molecule has 1 saturated heterocycles. The van der Waals surface area contributed by atoms with Gasteiger partial charge in [0.05, 0.1) is 5.92 Å². The number of rotatable bonds is 3. The number of carboxylic acids is 1. The number of nitrogens with zero attached hydrogens (tertiary/aromatic N) is 1. The zero-order chi connectivity index (χ0) is 9.14. The highest BCUT2D eigenvalue weighted by Crippen LogP contribution is 2.22. The summed E-state index contributed by atoms with van der Waals surface area (Å²) in [5.41, 5.74) is 0. The van der Waals surface area contributed by atoms with Crippen molar-refractivity contribution in [3.05, 3.63) is 0 Å². The van der Waals surface area contributed by atoms with Gasteiger partial charge < -0.3 is 10.0 Å². The molecule has 12 heavy (non-hydrogen) atoms. The minimum Gasteiger partial charge on any atom is -0.481 e. The van der Waals surface area contributed by atoms with Crippen LogP contribution in [0.1, 0.15) is 20.3 Å². The molecule has 1 fully saturated rings. The van der Waals surface area contributed by atoms with Crippen molar-refractivity contribution in [2.24, 2.45) is 11.8 Å². The van der Waals surface area contributed by atoms with Crippen molar-refractivity contribution in [2.45, 2.75) is 20.3 Å². The zero-order valence-corrected chi connectivity index (χ0v) is 7.79. The minimum atomic E-state index is -0.638. The second kappa shape index (κ2) is 3.90. The molecule has 3 heteroatoms. The van der Waals surface area contributed by atoms with E-state index in [4.69, 9.17) is 5.11 Å². The first-order valence-electron chi connectivity index (χ1n) is 4.60. The van der Waals surface area contributed by atoms with E-state index in [1.54, 1.807) is 0 Å². The topological polar surface area (TPSA) is 40.5 Å². The van der Waals surface area contributed by atoms with Gasteiger partial charge in [-0.3, -0.25) is 4.79 Å². The van der Waals surface area contributed by atoms with Crippen molar-refractivity contribution in [3.8, 4) is 0 Å². The second-order valence-electron chi connectivity index (χ2n) is 3.68. The van der Waals surface area contributed by atoms with Crippen molar-refractivity contribution in [1.82, 2.24) is 4.90 Å². The first kappa shape index (κ1) is 9.52. The van der Waals surface area contributed by atoms with Crippen LogP contribution < -0.4 is 0 Å². The van der Waals surface area contributed by atoms with E-state index in [0.29, 0.717) is 5.92 Å². The van der Waals surface area contributed by atoms with Gasteiger partial charge in [0, 0.05) is 13.1 Å². The van der Waals surface area contributed by atoms with Crippen LogP contribution in [-0.4, -0.2) is 35.6 Å². The Hall–Kier alpha value is -0.570. The minimum absolute atomic E-state index is 0.142. The SMILES string of the molecule is CCCN1CC(C)C(C(=O)O)C1. The van der Waals surface area contributed by atoms with E-state index in [1.165, 1.54) is 0 Å². The number of aliphatic carboxylic acids is 1. The molecule has 1 rings (SSSR count). The van der Waals surface area contributed by atoms with Crippen LogP contribution in [0.4, 0.5) is 0 Å². The third-order valence-electron chi connectivity index (χ3n) is 2.54. The van der Waals surface area contributed by atoms with Gasteiger partial charge in [0.25, 0.3) is 0 Å². The molecule has 0 aliphatic carbocycles. The molecular weight excluding hydrogens is 154 g/mol. The smallest absolute Gasteiger partial charge is 0.308 e. The van der Waals surface area contributed by atoms with Gasteiger partial charge >= 0.3 is 5.97 Å². The highest BCUT2D eigenvalue weighted by molar-refractivity contribution is 5.71. The van der Waals surface area contributed by atoms with Crippen LogP contribution in [0.5, 0.6) is 0 Å². The molecule has 0 radical (unpaired) electrons. The van der Waals surface area contributed by atoms with Gasteiger partial charge in [0.2, 0.25) is 0 Å². The fourth-order valence-electron chi connectivity index (χ4n) is 1.89. The summed E-state index contributed by atoms with van der Waals surface area (Å²) in [6.07, 6.45) is 1.11. The molecule has 2 atom stereocenters. The van der Waals surface area contributed by atoms with Gasteiger partial charge in [-0.1, -0.05) is 13.8 Å². The highest BCUT2D eigenvalue weighted by Gasteiger charge is 2.33. The van der Waals surface area contributed by atoms with E-state index in [0.717, 1.165) is 26.1 Å². The molecule has 0 aromatic carbocycles. The lowest BCUT2D eigenvalue weighted by molar-refractivity contribution is -0.142. The van der Waals surface area contributed by atoms with Crippen LogP contribution in [0.15, 0.2) is 0 Å². The molecule has 1 heterocycles. The van der Waals surface area contributed by atoms with Crippen LogP contribution in [0.25, 0.3) is 0 Å². The Morgan fingerprint density at radius 2 is 2.25 bits per heavy atom. The van der Waals surface area contributed by atoms with E-state index in [1.807, 2.05) is 6.92 Å². The summed E-state index contributed by atoms with van der Waals surface area (Å²) >= 11 is 0. The normalized spacial score (nSPS) is 30.8. The Kier molecular flexibility index (Phi) is 3.09. The third-order valence-corrected chi connectivity index (χ3v) is 2.54. The van der Waals surface area contributed by atoms with E-state index >= 15 is 0 Å². The van der Waals surface area contributed by atoms with E-state index < -0.39 is 5.97 Å². The highest BCUT2D eigenvalue weighted by atomic mass is 16.4. The van der Waals surface area contributed by atoms with Gasteiger partial charge in [0.15, 0.2) is 0 Å². The van der Waals surface area contributed by atoms with Gasteiger partial charge in [-0.2, -0.15) is 0 Å². The number of hydrogen-bond donors (Lipinski definition) is 1. The van der Waals surface area contributed by atoms with Crippen molar-refractivity contribution >= 4 is 5.97 Å². The number of carboxylic acid groups (broad SMARTS) is 1. The van der Waals surface area contributed by atoms with Crippen LogP contribution in [0.2, 0.25) is 0 Å². The average molecular weight is 171 g/mol. The maximum absolute atomic E-state index is 10.7. The molecule has 3 nitrogen and oxygen atoms in total. The fourth-order valence-corrected chi connectivity index (χ4v) is 1.89. The average Bonchev–Trinajstić information content (AvgIpc) is 2.32. The molecule has 0 amide bonds. The number of likely N-dealkylation sites (tertiary alicyclic amines) is 1. The summed E-state index contributed by atoms with van der Waals surface area (Å²) in [7, 11) is 0. The Bertz CT molecular complexity index is 170. The van der Waals surface area contributed by atoms with Crippen molar-refractivity contribution in [1.29, 1.82) is 0 Å². The van der Waals surface area contributed by atoms with Crippen LogP contribution >= 0.6 is 0 Å². The molecule has 1 aliphatic rings. The molecule has 1 N–H and O–H groups in total. The standard InChI is InChI=1S/C9H17NO2/c1-3-4-10-5-7(2)8(6-10)9(11)12/h7-8H,3-6H2,1-2H3,(H,11,12). The molecular formula is C9H17NO2. The summed E-state index contributed by atoms with van der Waals surface area (Å²) in [6, 6.07) is 0. The molecule has 2 unspecified atom stereocenters. The monoisotopic (exact) mass is 171 g/mol. The van der Waals surface area contributed by atoms with Crippen molar-refractivity contribution < 1.29 is 9.90 Å². The molecule has 0 spiro atoms. The molecule has 0 aromatic heterocycles. The largest absolute Gasteiger partial charge is 0.481 e. The number of carbonyl (C=O) groups is 1. The predicted molar refractivity (Wildman–Crippen MR) is 47.0 cm³/mol. The molecule has 0 aromatic rings. The Labute approximate surface area is 73.4 Å². The van der Waals surface area contributed by atoms with Crippen molar-refractivity contribution in [3.63, 3.8) is 0 Å². The maximum Gasteiger partial charge on any atom is 0.308 e. The van der Waals surface area contributed by atoms with Crippen LogP contribution in [0, 0.1) is 11.8 Å². The van der Waals surface area contributed by atoms with Crippen LogP contribution in [0.3, 0.4) is 0 Å². The first-order valence-corrected chi connectivity index (χ1v) is 4.60. The van der Waals surface area contributed by atoms with E-state index in [9.17, 15) is 4.79 Å². The quantitative estimate of drug-likeness (QED) is 0.690. The summed E-state index contributed by atoms with van der Waals surface area (Å²) in [4.78, 5) is 13.0.